The maximum atomic E-state index is 13.2. The number of aldehydes is 1. The van der Waals surface area contributed by atoms with E-state index in [1.807, 2.05) is 0 Å². The molecule has 3 rings (SSSR count). The third-order valence-electron chi connectivity index (χ3n) is 3.02. The van der Waals surface area contributed by atoms with E-state index in [0.29, 0.717) is 11.8 Å². The Hall–Kier alpha value is -2.21. The highest BCUT2D eigenvalue weighted by molar-refractivity contribution is 7.20. The van der Waals surface area contributed by atoms with Crippen molar-refractivity contribution >= 4 is 27.8 Å². The molecule has 3 aromatic rings. The largest absolute Gasteiger partial charge is 0.417 e. The molecule has 106 valence electrons. The first-order valence-corrected chi connectivity index (χ1v) is 6.83. The summed E-state index contributed by atoms with van der Waals surface area (Å²) in [4.78, 5) is 15.5. The summed E-state index contributed by atoms with van der Waals surface area (Å²) in [7, 11) is 0. The van der Waals surface area contributed by atoms with Gasteiger partial charge in [0.2, 0.25) is 0 Å². The average Bonchev–Trinajstić information content (AvgIpc) is 2.89. The number of carbonyl (C=O) groups excluding carboxylic acids is 1. The number of rotatable bonds is 2. The van der Waals surface area contributed by atoms with Crippen molar-refractivity contribution in [2.24, 2.45) is 0 Å². The molecule has 0 bridgehead atoms. The van der Waals surface area contributed by atoms with Gasteiger partial charge in [0.15, 0.2) is 6.29 Å². The van der Waals surface area contributed by atoms with Crippen LogP contribution in [-0.4, -0.2) is 11.3 Å². The van der Waals surface area contributed by atoms with Crippen LogP contribution >= 0.6 is 11.3 Å². The molecule has 2 heterocycles. The average molecular weight is 307 g/mol. The quantitative estimate of drug-likeness (QED) is 0.637. The van der Waals surface area contributed by atoms with Crippen molar-refractivity contribution in [1.29, 1.82) is 0 Å². The zero-order valence-corrected chi connectivity index (χ0v) is 11.3. The molecule has 0 aliphatic carbocycles. The van der Waals surface area contributed by atoms with Crippen LogP contribution in [0.25, 0.3) is 21.5 Å². The van der Waals surface area contributed by atoms with Crippen molar-refractivity contribution in [3.63, 3.8) is 0 Å². The molecule has 0 N–H and O–H groups in total. The fourth-order valence-corrected chi connectivity index (χ4v) is 2.95. The van der Waals surface area contributed by atoms with E-state index in [2.05, 4.69) is 4.98 Å². The first-order chi connectivity index (χ1) is 9.99. The van der Waals surface area contributed by atoms with Crippen molar-refractivity contribution < 1.29 is 18.0 Å². The van der Waals surface area contributed by atoms with Crippen LogP contribution in [0.5, 0.6) is 0 Å². The Kier molecular flexibility index (Phi) is 3.25. The highest BCUT2D eigenvalue weighted by Crippen LogP contribution is 2.39. The molecule has 1 aromatic carbocycles. The Morgan fingerprint density at radius 3 is 2.43 bits per heavy atom. The van der Waals surface area contributed by atoms with Crippen LogP contribution < -0.4 is 0 Å². The number of hydrogen-bond acceptors (Lipinski definition) is 3. The molecular weight excluding hydrogens is 299 g/mol. The van der Waals surface area contributed by atoms with Gasteiger partial charge in [0.1, 0.15) is 4.83 Å². The number of pyridine rings is 1. The Bertz CT molecular complexity index is 809. The molecule has 0 spiro atoms. The normalized spacial score (nSPS) is 11.8. The lowest BCUT2D eigenvalue weighted by Crippen LogP contribution is -2.06. The maximum absolute atomic E-state index is 13.2. The summed E-state index contributed by atoms with van der Waals surface area (Å²) in [6, 6.07) is 10.9. The van der Waals surface area contributed by atoms with Gasteiger partial charge in [-0.25, -0.2) is 4.98 Å². The maximum Gasteiger partial charge on any atom is 0.417 e. The number of alkyl halides is 3. The predicted molar refractivity (Wildman–Crippen MR) is 75.4 cm³/mol. The van der Waals surface area contributed by atoms with E-state index in [1.165, 1.54) is 6.07 Å². The number of benzene rings is 1. The number of aromatic nitrogens is 1. The van der Waals surface area contributed by atoms with Crippen LogP contribution in [0.1, 0.15) is 15.2 Å². The van der Waals surface area contributed by atoms with E-state index in [-0.39, 0.29) is 20.8 Å². The summed E-state index contributed by atoms with van der Waals surface area (Å²) < 4.78 is 39.6. The molecule has 0 unspecified atom stereocenters. The van der Waals surface area contributed by atoms with E-state index in [9.17, 15) is 18.0 Å². The first kappa shape index (κ1) is 13.8. The molecule has 0 aliphatic heterocycles. The highest BCUT2D eigenvalue weighted by Gasteiger charge is 2.34. The SMILES string of the molecule is O=Cc1cc2c(C(F)(F)F)cc(-c3ccccc3)nc2s1. The van der Waals surface area contributed by atoms with E-state index < -0.39 is 11.7 Å². The van der Waals surface area contributed by atoms with E-state index in [4.69, 9.17) is 0 Å². The molecule has 0 saturated heterocycles. The number of carbonyl (C=O) groups is 1. The van der Waals surface area contributed by atoms with Crippen LogP contribution in [0.3, 0.4) is 0 Å². The van der Waals surface area contributed by atoms with Gasteiger partial charge in [0.05, 0.1) is 16.1 Å². The number of nitrogens with zero attached hydrogens (tertiary/aromatic N) is 1. The molecule has 0 fully saturated rings. The minimum Gasteiger partial charge on any atom is -0.297 e. The molecule has 0 radical (unpaired) electrons. The lowest BCUT2D eigenvalue weighted by molar-refractivity contribution is -0.136. The minimum atomic E-state index is -4.49. The lowest BCUT2D eigenvalue weighted by Gasteiger charge is -2.10. The van der Waals surface area contributed by atoms with Gasteiger partial charge < -0.3 is 0 Å². The van der Waals surface area contributed by atoms with E-state index in [1.54, 1.807) is 30.3 Å². The van der Waals surface area contributed by atoms with Gasteiger partial charge in [-0.05, 0) is 12.1 Å². The summed E-state index contributed by atoms with van der Waals surface area (Å²) in [5, 5.41) is -0.0331. The standard InChI is InChI=1S/C15H8F3NOS/c16-15(17,18)12-7-13(9-4-2-1-3-5-9)19-14-11(12)6-10(8-20)21-14/h1-8H. The third-order valence-corrected chi connectivity index (χ3v) is 3.97. The van der Waals surface area contributed by atoms with Gasteiger partial charge in [0.25, 0.3) is 0 Å². The van der Waals surface area contributed by atoms with Crippen molar-refractivity contribution in [2.45, 2.75) is 6.18 Å². The molecule has 0 aliphatic rings. The molecule has 2 aromatic heterocycles. The minimum absolute atomic E-state index is 0.0331. The second-order valence-corrected chi connectivity index (χ2v) is 5.47. The van der Waals surface area contributed by atoms with Crippen LogP contribution in [0.2, 0.25) is 0 Å². The fraction of sp³-hybridized carbons (Fsp3) is 0.0667. The van der Waals surface area contributed by atoms with Crippen LogP contribution in [0.4, 0.5) is 13.2 Å². The highest BCUT2D eigenvalue weighted by atomic mass is 32.1. The van der Waals surface area contributed by atoms with Gasteiger partial charge in [0, 0.05) is 10.9 Å². The van der Waals surface area contributed by atoms with Gasteiger partial charge in [-0.2, -0.15) is 13.2 Å². The van der Waals surface area contributed by atoms with Crippen molar-refractivity contribution in [3.8, 4) is 11.3 Å². The Morgan fingerprint density at radius 1 is 1.10 bits per heavy atom. The van der Waals surface area contributed by atoms with Crippen LogP contribution in [0, 0.1) is 0 Å². The number of thiophene rings is 1. The predicted octanol–water partition coefficient (Wildman–Crippen LogP) is 4.79. The monoisotopic (exact) mass is 307 g/mol. The second-order valence-electron chi connectivity index (χ2n) is 4.40. The molecular formula is C15H8F3NOS. The van der Waals surface area contributed by atoms with Gasteiger partial charge in [-0.15, -0.1) is 11.3 Å². The second kappa shape index (κ2) is 4.96. The molecule has 0 amide bonds. The van der Waals surface area contributed by atoms with Crippen LogP contribution in [0.15, 0.2) is 42.5 Å². The molecule has 2 nitrogen and oxygen atoms in total. The zero-order valence-electron chi connectivity index (χ0n) is 10.5. The fourth-order valence-electron chi connectivity index (χ4n) is 2.08. The summed E-state index contributed by atoms with van der Waals surface area (Å²) in [6.07, 6.45) is -3.96. The number of fused-ring (bicyclic) bond motifs is 1. The summed E-state index contributed by atoms with van der Waals surface area (Å²) in [6.45, 7) is 0. The van der Waals surface area contributed by atoms with Crippen molar-refractivity contribution in [1.82, 2.24) is 4.98 Å². The zero-order chi connectivity index (χ0) is 15.0. The van der Waals surface area contributed by atoms with Crippen molar-refractivity contribution in [3.05, 3.63) is 52.9 Å². The van der Waals surface area contributed by atoms with E-state index >= 15 is 0 Å². The number of hydrogen-bond donors (Lipinski definition) is 0. The van der Waals surface area contributed by atoms with Gasteiger partial charge in [-0.3, -0.25) is 4.79 Å². The van der Waals surface area contributed by atoms with Gasteiger partial charge in [-0.1, -0.05) is 30.3 Å². The van der Waals surface area contributed by atoms with Crippen molar-refractivity contribution in [2.75, 3.05) is 0 Å². The lowest BCUT2D eigenvalue weighted by atomic mass is 10.1. The summed E-state index contributed by atoms with van der Waals surface area (Å²) in [5.74, 6) is 0. The molecule has 21 heavy (non-hydrogen) atoms. The van der Waals surface area contributed by atoms with Gasteiger partial charge >= 0.3 is 6.18 Å². The van der Waals surface area contributed by atoms with Crippen LogP contribution in [-0.2, 0) is 6.18 Å². The Balaban J connectivity index is 2.31. The Labute approximate surface area is 121 Å². The first-order valence-electron chi connectivity index (χ1n) is 6.01. The molecule has 0 atom stereocenters. The third kappa shape index (κ3) is 2.54. The topological polar surface area (TPSA) is 30.0 Å². The summed E-state index contributed by atoms with van der Waals surface area (Å²) in [5.41, 5.74) is 0.0800. The smallest absolute Gasteiger partial charge is 0.297 e. The number of halogens is 3. The van der Waals surface area contributed by atoms with E-state index in [0.717, 1.165) is 17.4 Å². The molecule has 0 saturated carbocycles. The molecule has 6 heteroatoms. The Morgan fingerprint density at radius 2 is 1.81 bits per heavy atom. The summed E-state index contributed by atoms with van der Waals surface area (Å²) >= 11 is 0.957.